The normalized spacial score (nSPS) is 11.3. The fourth-order valence-corrected chi connectivity index (χ4v) is 3.14. The number of benzene rings is 1. The van der Waals surface area contributed by atoms with E-state index < -0.39 is 0 Å². The van der Waals surface area contributed by atoms with Gasteiger partial charge in [0.25, 0.3) is 0 Å². The Labute approximate surface area is 132 Å². The van der Waals surface area contributed by atoms with E-state index in [0.29, 0.717) is 0 Å². The van der Waals surface area contributed by atoms with E-state index >= 15 is 0 Å². The lowest BCUT2D eigenvalue weighted by Crippen LogP contribution is -2.18. The van der Waals surface area contributed by atoms with Crippen molar-refractivity contribution >= 4 is 22.7 Å². The first-order valence-electron chi connectivity index (χ1n) is 7.71. The first-order chi connectivity index (χ1) is 10.4. The summed E-state index contributed by atoms with van der Waals surface area (Å²) < 4.78 is 7.45. The SMILES string of the molecule is CCSCCCn1ccc2c(CNCCOC)cccc21. The minimum Gasteiger partial charge on any atom is -0.383 e. The third kappa shape index (κ3) is 4.77. The average molecular weight is 306 g/mol. The Morgan fingerprint density at radius 1 is 1.29 bits per heavy atom. The monoisotopic (exact) mass is 306 g/mol. The number of aryl methyl sites for hydroxylation is 1. The average Bonchev–Trinajstić information content (AvgIpc) is 2.92. The predicted molar refractivity (Wildman–Crippen MR) is 93.1 cm³/mol. The molecule has 0 radical (unpaired) electrons. The fourth-order valence-electron chi connectivity index (χ4n) is 2.51. The molecule has 0 unspecified atom stereocenters. The van der Waals surface area contributed by atoms with Gasteiger partial charge in [0.2, 0.25) is 0 Å². The van der Waals surface area contributed by atoms with Crippen molar-refractivity contribution in [2.75, 3.05) is 31.8 Å². The molecule has 0 aliphatic rings. The van der Waals surface area contributed by atoms with Gasteiger partial charge in [-0.05, 0) is 35.6 Å². The van der Waals surface area contributed by atoms with Crippen LogP contribution in [0.15, 0.2) is 30.5 Å². The summed E-state index contributed by atoms with van der Waals surface area (Å²) in [5, 5.41) is 4.79. The van der Waals surface area contributed by atoms with E-state index in [0.717, 1.165) is 26.2 Å². The molecule has 2 rings (SSSR count). The number of aromatic nitrogens is 1. The molecule has 0 bridgehead atoms. The molecule has 3 nitrogen and oxygen atoms in total. The smallest absolute Gasteiger partial charge is 0.0587 e. The van der Waals surface area contributed by atoms with Crippen LogP contribution in [0, 0.1) is 0 Å². The lowest BCUT2D eigenvalue weighted by atomic mass is 10.1. The number of nitrogens with one attached hydrogen (secondary N) is 1. The van der Waals surface area contributed by atoms with Gasteiger partial charge >= 0.3 is 0 Å². The summed E-state index contributed by atoms with van der Waals surface area (Å²) in [6.45, 7) is 5.87. The topological polar surface area (TPSA) is 26.2 Å². The number of rotatable bonds is 10. The third-order valence-electron chi connectivity index (χ3n) is 3.59. The molecule has 0 saturated carbocycles. The molecule has 4 heteroatoms. The minimum atomic E-state index is 0.756. The minimum absolute atomic E-state index is 0.756. The van der Waals surface area contributed by atoms with Crippen molar-refractivity contribution in [3.05, 3.63) is 36.0 Å². The van der Waals surface area contributed by atoms with Gasteiger partial charge in [0.15, 0.2) is 0 Å². The molecule has 1 N–H and O–H groups in total. The van der Waals surface area contributed by atoms with Crippen LogP contribution in [0.2, 0.25) is 0 Å². The highest BCUT2D eigenvalue weighted by Crippen LogP contribution is 2.21. The molecule has 1 aromatic carbocycles. The van der Waals surface area contributed by atoms with Crippen molar-refractivity contribution in [3.63, 3.8) is 0 Å². The highest BCUT2D eigenvalue weighted by Gasteiger charge is 2.05. The Bertz CT molecular complexity index is 539. The van der Waals surface area contributed by atoms with Crippen LogP contribution in [-0.2, 0) is 17.8 Å². The Hall–Kier alpha value is -0.970. The van der Waals surface area contributed by atoms with Crippen LogP contribution in [0.3, 0.4) is 0 Å². The molecule has 2 aromatic rings. The zero-order valence-electron chi connectivity index (χ0n) is 13.1. The molecule has 0 saturated heterocycles. The van der Waals surface area contributed by atoms with Gasteiger partial charge in [-0.25, -0.2) is 0 Å². The van der Waals surface area contributed by atoms with E-state index in [-0.39, 0.29) is 0 Å². The van der Waals surface area contributed by atoms with Gasteiger partial charge in [0.1, 0.15) is 0 Å². The van der Waals surface area contributed by atoms with Crippen molar-refractivity contribution in [1.82, 2.24) is 9.88 Å². The molecule has 0 aliphatic heterocycles. The zero-order valence-corrected chi connectivity index (χ0v) is 13.9. The number of ether oxygens (including phenoxy) is 1. The predicted octanol–water partition coefficient (Wildman–Crippen LogP) is 3.52. The maximum Gasteiger partial charge on any atom is 0.0587 e. The van der Waals surface area contributed by atoms with Gasteiger partial charge in [-0.2, -0.15) is 11.8 Å². The second-order valence-corrected chi connectivity index (χ2v) is 6.47. The number of hydrogen-bond acceptors (Lipinski definition) is 3. The highest BCUT2D eigenvalue weighted by atomic mass is 32.2. The van der Waals surface area contributed by atoms with Gasteiger partial charge in [-0.3, -0.25) is 0 Å². The van der Waals surface area contributed by atoms with Crippen molar-refractivity contribution in [2.24, 2.45) is 0 Å². The second kappa shape index (κ2) is 9.13. The van der Waals surface area contributed by atoms with Crippen molar-refractivity contribution in [1.29, 1.82) is 0 Å². The van der Waals surface area contributed by atoms with Crippen molar-refractivity contribution in [3.8, 4) is 0 Å². The van der Waals surface area contributed by atoms with Gasteiger partial charge < -0.3 is 14.6 Å². The molecule has 116 valence electrons. The van der Waals surface area contributed by atoms with Crippen LogP contribution in [0.4, 0.5) is 0 Å². The quantitative estimate of drug-likeness (QED) is 0.680. The van der Waals surface area contributed by atoms with Gasteiger partial charge in [-0.15, -0.1) is 0 Å². The van der Waals surface area contributed by atoms with E-state index in [1.165, 1.54) is 34.4 Å². The molecule has 21 heavy (non-hydrogen) atoms. The van der Waals surface area contributed by atoms with Crippen LogP contribution in [0.25, 0.3) is 10.9 Å². The largest absolute Gasteiger partial charge is 0.383 e. The Morgan fingerprint density at radius 2 is 2.19 bits per heavy atom. The van der Waals surface area contributed by atoms with E-state index in [1.807, 2.05) is 11.8 Å². The van der Waals surface area contributed by atoms with E-state index in [4.69, 9.17) is 4.74 Å². The van der Waals surface area contributed by atoms with Crippen LogP contribution in [0.1, 0.15) is 18.9 Å². The number of fused-ring (bicyclic) bond motifs is 1. The molecular formula is C17H26N2OS. The van der Waals surface area contributed by atoms with Crippen LogP contribution < -0.4 is 5.32 Å². The van der Waals surface area contributed by atoms with E-state index in [2.05, 4.69) is 47.3 Å². The molecule has 1 aromatic heterocycles. The summed E-state index contributed by atoms with van der Waals surface area (Å²) in [4.78, 5) is 0. The van der Waals surface area contributed by atoms with Gasteiger partial charge in [0.05, 0.1) is 6.61 Å². The maximum atomic E-state index is 5.07. The standard InChI is InChI=1S/C17H26N2OS/c1-3-21-13-5-10-19-11-8-16-15(6-4-7-17(16)19)14-18-9-12-20-2/h4,6-8,11,18H,3,5,9-10,12-14H2,1-2H3. The summed E-state index contributed by atoms with van der Waals surface area (Å²) in [7, 11) is 1.74. The number of thioether (sulfide) groups is 1. The van der Waals surface area contributed by atoms with Gasteiger partial charge in [-0.1, -0.05) is 19.1 Å². The Balaban J connectivity index is 1.99. The van der Waals surface area contributed by atoms with Crippen LogP contribution in [-0.4, -0.2) is 36.3 Å². The van der Waals surface area contributed by atoms with Crippen molar-refractivity contribution < 1.29 is 4.74 Å². The summed E-state index contributed by atoms with van der Waals surface area (Å²) >= 11 is 2.02. The van der Waals surface area contributed by atoms with E-state index in [9.17, 15) is 0 Å². The fraction of sp³-hybridized carbons (Fsp3) is 0.529. The van der Waals surface area contributed by atoms with Gasteiger partial charge in [0, 0.05) is 43.8 Å². The van der Waals surface area contributed by atoms with Crippen LogP contribution in [0.5, 0.6) is 0 Å². The first-order valence-corrected chi connectivity index (χ1v) is 8.86. The lowest BCUT2D eigenvalue weighted by Gasteiger charge is -2.08. The molecule has 0 amide bonds. The first kappa shape index (κ1) is 16.4. The molecular weight excluding hydrogens is 280 g/mol. The van der Waals surface area contributed by atoms with Crippen LogP contribution >= 0.6 is 11.8 Å². The number of nitrogens with zero attached hydrogens (tertiary/aromatic N) is 1. The molecule has 1 heterocycles. The number of methoxy groups -OCH3 is 1. The summed E-state index contributed by atoms with van der Waals surface area (Å²) in [6, 6.07) is 8.84. The third-order valence-corrected chi connectivity index (χ3v) is 4.58. The second-order valence-electron chi connectivity index (χ2n) is 5.08. The summed E-state index contributed by atoms with van der Waals surface area (Å²) in [5.41, 5.74) is 2.72. The van der Waals surface area contributed by atoms with Crippen molar-refractivity contribution in [2.45, 2.75) is 26.4 Å². The molecule has 0 spiro atoms. The number of hydrogen-bond donors (Lipinski definition) is 1. The Morgan fingerprint density at radius 3 is 3.00 bits per heavy atom. The lowest BCUT2D eigenvalue weighted by molar-refractivity contribution is 0.199. The molecule has 0 fully saturated rings. The summed E-state index contributed by atoms with van der Waals surface area (Å²) in [6.07, 6.45) is 3.46. The highest BCUT2D eigenvalue weighted by molar-refractivity contribution is 7.99. The van der Waals surface area contributed by atoms with E-state index in [1.54, 1.807) is 7.11 Å². The maximum absolute atomic E-state index is 5.07. The summed E-state index contributed by atoms with van der Waals surface area (Å²) in [5.74, 6) is 2.46. The zero-order chi connectivity index (χ0) is 14.9. The molecule has 0 aliphatic carbocycles. The molecule has 0 atom stereocenters. The Kier molecular flexibility index (Phi) is 7.13.